The van der Waals surface area contributed by atoms with E-state index in [2.05, 4.69) is 34.6 Å². The van der Waals surface area contributed by atoms with E-state index in [1.165, 1.54) is 30.4 Å². The van der Waals surface area contributed by atoms with Gasteiger partial charge in [0.05, 0.1) is 19.3 Å². The van der Waals surface area contributed by atoms with Gasteiger partial charge in [-0.1, -0.05) is 30.7 Å². The molecule has 21 heavy (non-hydrogen) atoms. The fourth-order valence-electron chi connectivity index (χ4n) is 3.00. The maximum atomic E-state index is 5.44. The van der Waals surface area contributed by atoms with Crippen LogP contribution in [-0.4, -0.2) is 19.1 Å². The number of methoxy groups -OCH3 is 1. The molecular formula is C18H22N2O. The van der Waals surface area contributed by atoms with Crippen molar-refractivity contribution in [3.8, 4) is 5.75 Å². The molecule has 3 rings (SSSR count). The van der Waals surface area contributed by atoms with E-state index in [-0.39, 0.29) is 6.04 Å². The Bertz CT molecular complexity index is 590. The van der Waals surface area contributed by atoms with Gasteiger partial charge in [0, 0.05) is 11.8 Å². The molecule has 1 fully saturated rings. The van der Waals surface area contributed by atoms with Crippen molar-refractivity contribution >= 4 is 0 Å². The highest BCUT2D eigenvalue weighted by atomic mass is 16.5. The minimum Gasteiger partial charge on any atom is -0.495 e. The van der Waals surface area contributed by atoms with Gasteiger partial charge in [-0.25, -0.2) is 0 Å². The lowest BCUT2D eigenvalue weighted by atomic mass is 9.79. The summed E-state index contributed by atoms with van der Waals surface area (Å²) in [7, 11) is 3.66. The molecule has 2 aromatic rings. The fourth-order valence-corrected chi connectivity index (χ4v) is 3.00. The summed E-state index contributed by atoms with van der Waals surface area (Å²) in [5.41, 5.74) is 3.85. The van der Waals surface area contributed by atoms with E-state index in [0.29, 0.717) is 0 Å². The van der Waals surface area contributed by atoms with Gasteiger partial charge in [0.2, 0.25) is 0 Å². The minimum atomic E-state index is 0.124. The lowest BCUT2D eigenvalue weighted by Crippen LogP contribution is -2.18. The summed E-state index contributed by atoms with van der Waals surface area (Å²) in [6.45, 7) is 0. The van der Waals surface area contributed by atoms with Crippen LogP contribution >= 0.6 is 0 Å². The Hall–Kier alpha value is -1.87. The molecule has 0 amide bonds. The summed E-state index contributed by atoms with van der Waals surface area (Å²) in [5.74, 6) is 1.60. The second-order valence-electron chi connectivity index (χ2n) is 5.63. The number of ether oxygens (including phenoxy) is 1. The molecule has 3 nitrogen and oxygen atoms in total. The Kier molecular flexibility index (Phi) is 4.20. The van der Waals surface area contributed by atoms with Gasteiger partial charge in [-0.2, -0.15) is 0 Å². The molecular weight excluding hydrogens is 260 g/mol. The van der Waals surface area contributed by atoms with E-state index in [0.717, 1.165) is 17.2 Å². The summed E-state index contributed by atoms with van der Waals surface area (Å²) in [6.07, 6.45) is 7.63. The van der Waals surface area contributed by atoms with Crippen LogP contribution in [-0.2, 0) is 0 Å². The highest BCUT2D eigenvalue weighted by molar-refractivity contribution is 5.40. The molecule has 1 atom stereocenters. The molecule has 0 spiro atoms. The van der Waals surface area contributed by atoms with Gasteiger partial charge in [0.1, 0.15) is 5.75 Å². The molecule has 1 unspecified atom stereocenters. The summed E-state index contributed by atoms with van der Waals surface area (Å²) in [5, 5.41) is 3.38. The SMILES string of the molecule is CNC(c1ccc(C2CCC2)cc1)c1ccncc1OC. The second kappa shape index (κ2) is 6.27. The minimum absolute atomic E-state index is 0.124. The Morgan fingerprint density at radius 2 is 1.95 bits per heavy atom. The van der Waals surface area contributed by atoms with E-state index in [4.69, 9.17) is 4.74 Å². The molecule has 110 valence electrons. The van der Waals surface area contributed by atoms with Crippen LogP contribution in [0.1, 0.15) is 47.9 Å². The Labute approximate surface area is 126 Å². The molecule has 1 aliphatic carbocycles. The van der Waals surface area contributed by atoms with Crippen molar-refractivity contribution in [1.82, 2.24) is 10.3 Å². The van der Waals surface area contributed by atoms with Crippen LogP contribution in [0.3, 0.4) is 0 Å². The van der Waals surface area contributed by atoms with Crippen molar-refractivity contribution in [3.63, 3.8) is 0 Å². The van der Waals surface area contributed by atoms with Crippen molar-refractivity contribution in [2.24, 2.45) is 0 Å². The zero-order valence-corrected chi connectivity index (χ0v) is 12.7. The molecule has 3 heteroatoms. The Morgan fingerprint density at radius 3 is 2.52 bits per heavy atom. The normalized spacial score (nSPS) is 16.3. The molecule has 1 heterocycles. The third-order valence-electron chi connectivity index (χ3n) is 4.48. The van der Waals surface area contributed by atoms with Crippen LogP contribution in [0.15, 0.2) is 42.7 Å². The van der Waals surface area contributed by atoms with Crippen LogP contribution in [0.25, 0.3) is 0 Å². The maximum absolute atomic E-state index is 5.44. The lowest BCUT2D eigenvalue weighted by Gasteiger charge is -2.26. The van der Waals surface area contributed by atoms with Crippen molar-refractivity contribution in [2.75, 3.05) is 14.2 Å². The third-order valence-corrected chi connectivity index (χ3v) is 4.48. The lowest BCUT2D eigenvalue weighted by molar-refractivity contribution is 0.403. The second-order valence-corrected chi connectivity index (χ2v) is 5.63. The van der Waals surface area contributed by atoms with Gasteiger partial charge in [-0.05, 0) is 43.0 Å². The number of nitrogens with zero attached hydrogens (tertiary/aromatic N) is 1. The molecule has 1 saturated carbocycles. The number of nitrogens with one attached hydrogen (secondary N) is 1. The third kappa shape index (κ3) is 2.79. The Balaban J connectivity index is 1.88. The summed E-state index contributed by atoms with van der Waals surface area (Å²) in [6, 6.07) is 11.1. The van der Waals surface area contributed by atoms with Gasteiger partial charge >= 0.3 is 0 Å². The topological polar surface area (TPSA) is 34.2 Å². The van der Waals surface area contributed by atoms with Crippen molar-refractivity contribution in [2.45, 2.75) is 31.2 Å². The molecule has 1 N–H and O–H groups in total. The van der Waals surface area contributed by atoms with Crippen molar-refractivity contribution in [1.29, 1.82) is 0 Å². The zero-order valence-electron chi connectivity index (χ0n) is 12.7. The zero-order chi connectivity index (χ0) is 14.7. The molecule has 1 aromatic heterocycles. The van der Waals surface area contributed by atoms with Gasteiger partial charge in [-0.15, -0.1) is 0 Å². The predicted octanol–water partition coefficient (Wildman–Crippen LogP) is 3.67. The average Bonchev–Trinajstić information content (AvgIpc) is 2.48. The molecule has 0 radical (unpaired) electrons. The first-order chi connectivity index (χ1) is 10.3. The van der Waals surface area contributed by atoms with Gasteiger partial charge < -0.3 is 10.1 Å². The van der Waals surface area contributed by atoms with Crippen LogP contribution in [0.4, 0.5) is 0 Å². The van der Waals surface area contributed by atoms with E-state index in [1.54, 1.807) is 13.3 Å². The Morgan fingerprint density at radius 1 is 1.19 bits per heavy atom. The molecule has 0 aliphatic heterocycles. The number of hydrogen-bond donors (Lipinski definition) is 1. The molecule has 0 bridgehead atoms. The number of pyridine rings is 1. The smallest absolute Gasteiger partial charge is 0.142 e. The number of benzene rings is 1. The first-order valence-corrected chi connectivity index (χ1v) is 7.58. The molecule has 1 aromatic carbocycles. The summed E-state index contributed by atoms with van der Waals surface area (Å²) < 4.78 is 5.44. The predicted molar refractivity (Wildman–Crippen MR) is 84.7 cm³/mol. The monoisotopic (exact) mass is 282 g/mol. The van der Waals surface area contributed by atoms with Crippen LogP contribution < -0.4 is 10.1 Å². The van der Waals surface area contributed by atoms with E-state index in [9.17, 15) is 0 Å². The first kappa shape index (κ1) is 14.1. The standard InChI is InChI=1S/C18H22N2O/c1-19-18(16-10-11-20-12-17(16)21-2)15-8-6-14(7-9-15)13-4-3-5-13/h6-13,18-19H,3-5H2,1-2H3. The highest BCUT2D eigenvalue weighted by Crippen LogP contribution is 2.37. The molecule has 1 aliphatic rings. The van der Waals surface area contributed by atoms with Crippen LogP contribution in [0, 0.1) is 0 Å². The number of aromatic nitrogens is 1. The maximum Gasteiger partial charge on any atom is 0.142 e. The summed E-state index contributed by atoms with van der Waals surface area (Å²) in [4.78, 5) is 4.13. The van der Waals surface area contributed by atoms with Gasteiger partial charge in [0.25, 0.3) is 0 Å². The van der Waals surface area contributed by atoms with E-state index >= 15 is 0 Å². The fraction of sp³-hybridized carbons (Fsp3) is 0.389. The van der Waals surface area contributed by atoms with Gasteiger partial charge in [0.15, 0.2) is 0 Å². The van der Waals surface area contributed by atoms with Crippen molar-refractivity contribution < 1.29 is 4.74 Å². The molecule has 0 saturated heterocycles. The highest BCUT2D eigenvalue weighted by Gasteiger charge is 2.20. The average molecular weight is 282 g/mol. The van der Waals surface area contributed by atoms with Gasteiger partial charge in [-0.3, -0.25) is 4.98 Å². The van der Waals surface area contributed by atoms with E-state index in [1.807, 2.05) is 19.3 Å². The quantitative estimate of drug-likeness (QED) is 0.908. The van der Waals surface area contributed by atoms with Crippen LogP contribution in [0.2, 0.25) is 0 Å². The number of hydrogen-bond acceptors (Lipinski definition) is 3. The summed E-state index contributed by atoms with van der Waals surface area (Å²) >= 11 is 0. The number of rotatable bonds is 5. The van der Waals surface area contributed by atoms with Crippen LogP contribution in [0.5, 0.6) is 5.75 Å². The van der Waals surface area contributed by atoms with E-state index < -0.39 is 0 Å². The first-order valence-electron chi connectivity index (χ1n) is 7.58. The van der Waals surface area contributed by atoms with Crippen molar-refractivity contribution in [3.05, 3.63) is 59.4 Å². The largest absolute Gasteiger partial charge is 0.495 e.